The zero-order valence-electron chi connectivity index (χ0n) is 15.2. The lowest BCUT2D eigenvalue weighted by molar-refractivity contribution is -0.140. The van der Waals surface area contributed by atoms with Crippen molar-refractivity contribution in [1.82, 2.24) is 9.80 Å². The molecule has 2 amide bonds. The van der Waals surface area contributed by atoms with Crippen LogP contribution in [0.5, 0.6) is 0 Å². The molecule has 1 fully saturated rings. The Labute approximate surface area is 153 Å². The van der Waals surface area contributed by atoms with Crippen molar-refractivity contribution in [3.63, 3.8) is 0 Å². The van der Waals surface area contributed by atoms with Gasteiger partial charge in [-0.15, -0.1) is 0 Å². The molecule has 142 valence electrons. The number of aliphatic hydroxyl groups is 1. The van der Waals surface area contributed by atoms with Gasteiger partial charge in [0.25, 0.3) is 5.91 Å². The summed E-state index contributed by atoms with van der Waals surface area (Å²) in [4.78, 5) is 26.0. The Hall–Kier alpha value is -2.22. The first kappa shape index (κ1) is 20.1. The fourth-order valence-corrected chi connectivity index (χ4v) is 2.88. The molecular weight excluding hydrogens is 336 g/mol. The zero-order chi connectivity index (χ0) is 18.9. The number of hydrogen-bond donors (Lipinski definition) is 1. The Morgan fingerprint density at radius 2 is 2.12 bits per heavy atom. The molecular formula is C19H26N2O5. The largest absolute Gasteiger partial charge is 0.394 e. The van der Waals surface area contributed by atoms with E-state index < -0.39 is 5.91 Å². The molecule has 7 nitrogen and oxygen atoms in total. The molecule has 1 aromatic carbocycles. The topological polar surface area (TPSA) is 79.3 Å². The molecule has 0 aromatic heterocycles. The number of carbonyl (C=O) groups is 2. The number of aliphatic hydroxyl groups excluding tert-OH is 1. The summed E-state index contributed by atoms with van der Waals surface area (Å²) in [5.74, 6) is -0.238. The summed E-state index contributed by atoms with van der Waals surface area (Å²) in [6, 6.07) is 9.51. The van der Waals surface area contributed by atoms with Crippen molar-refractivity contribution in [3.8, 4) is 0 Å². The van der Waals surface area contributed by atoms with Gasteiger partial charge in [0.2, 0.25) is 6.41 Å². The van der Waals surface area contributed by atoms with Crippen LogP contribution in [0, 0.1) is 5.92 Å². The maximum Gasteiger partial charge on any atom is 0.256 e. The highest BCUT2D eigenvalue weighted by Gasteiger charge is 2.33. The number of rotatable bonds is 9. The van der Waals surface area contributed by atoms with Crippen LogP contribution in [0.25, 0.3) is 0 Å². The second-order valence-corrected chi connectivity index (χ2v) is 6.40. The maximum absolute atomic E-state index is 12.2. The summed E-state index contributed by atoms with van der Waals surface area (Å²) in [6.07, 6.45) is 3.71. The van der Waals surface area contributed by atoms with Gasteiger partial charge < -0.3 is 19.5 Å². The fourth-order valence-electron chi connectivity index (χ4n) is 2.88. The first-order chi connectivity index (χ1) is 12.5. The average Bonchev–Trinajstić information content (AvgIpc) is 3.05. The van der Waals surface area contributed by atoms with E-state index in [-0.39, 0.29) is 31.6 Å². The van der Waals surface area contributed by atoms with Crippen LogP contribution in [-0.4, -0.2) is 59.9 Å². The van der Waals surface area contributed by atoms with E-state index in [1.807, 2.05) is 37.3 Å². The van der Waals surface area contributed by atoms with Crippen LogP contribution in [0.2, 0.25) is 0 Å². The fraction of sp³-hybridized carbons (Fsp3) is 0.474. The third kappa shape index (κ3) is 5.66. The minimum atomic E-state index is -0.468. The highest BCUT2D eigenvalue weighted by molar-refractivity contribution is 5.94. The summed E-state index contributed by atoms with van der Waals surface area (Å²) in [5.41, 5.74) is 0.965. The van der Waals surface area contributed by atoms with Gasteiger partial charge in [0.15, 0.2) is 0 Å². The Bertz CT molecular complexity index is 607. The second kappa shape index (κ2) is 10.1. The molecule has 1 saturated heterocycles. The van der Waals surface area contributed by atoms with Crippen LogP contribution < -0.4 is 0 Å². The molecule has 0 spiro atoms. The highest BCUT2D eigenvalue weighted by atomic mass is 16.5. The summed E-state index contributed by atoms with van der Waals surface area (Å²) in [6.45, 7) is 2.21. The molecule has 1 aliphatic rings. The standard InChI is InChI=1S/C19H26N2O5/c1-15-10-17(11-22)26-19(15)20(2)9-8-18(24)21(13-23)14-25-12-16-6-4-3-5-7-16/h3-9,13,15,17,19,22H,10-12,14H2,1-2H3/b9-8-. The van der Waals surface area contributed by atoms with Crippen molar-refractivity contribution in [3.05, 3.63) is 48.2 Å². The van der Waals surface area contributed by atoms with E-state index in [1.165, 1.54) is 6.08 Å². The Morgan fingerprint density at radius 1 is 1.38 bits per heavy atom. The molecule has 0 bridgehead atoms. The minimum Gasteiger partial charge on any atom is -0.394 e. The lowest BCUT2D eigenvalue weighted by Gasteiger charge is -2.25. The molecule has 3 unspecified atom stereocenters. The monoisotopic (exact) mass is 362 g/mol. The first-order valence-electron chi connectivity index (χ1n) is 8.59. The number of imide groups is 1. The molecule has 1 aliphatic heterocycles. The molecule has 7 heteroatoms. The van der Waals surface area contributed by atoms with E-state index >= 15 is 0 Å². The quantitative estimate of drug-likeness (QED) is 0.406. The predicted octanol–water partition coefficient (Wildman–Crippen LogP) is 1.33. The predicted molar refractivity (Wildman–Crippen MR) is 95.4 cm³/mol. The SMILES string of the molecule is CC1CC(CO)OC1N(C)/C=C\C(=O)N(C=O)COCc1ccccc1. The van der Waals surface area contributed by atoms with Gasteiger partial charge in [0.1, 0.15) is 13.0 Å². The normalized spacial score (nSPS) is 22.5. The zero-order valence-corrected chi connectivity index (χ0v) is 15.2. The van der Waals surface area contributed by atoms with E-state index in [2.05, 4.69) is 0 Å². The number of nitrogens with zero attached hydrogens (tertiary/aromatic N) is 2. The Morgan fingerprint density at radius 3 is 2.73 bits per heavy atom. The summed E-state index contributed by atoms with van der Waals surface area (Å²) in [7, 11) is 1.79. The van der Waals surface area contributed by atoms with Crippen molar-refractivity contribution in [1.29, 1.82) is 0 Å². The van der Waals surface area contributed by atoms with Crippen molar-refractivity contribution >= 4 is 12.3 Å². The maximum atomic E-state index is 12.2. The van der Waals surface area contributed by atoms with Crippen LogP contribution in [0.4, 0.5) is 0 Å². The summed E-state index contributed by atoms with van der Waals surface area (Å²) < 4.78 is 11.1. The van der Waals surface area contributed by atoms with Crippen LogP contribution in [0.15, 0.2) is 42.6 Å². The van der Waals surface area contributed by atoms with E-state index in [9.17, 15) is 14.7 Å². The van der Waals surface area contributed by atoms with Gasteiger partial charge >= 0.3 is 0 Å². The van der Waals surface area contributed by atoms with Gasteiger partial charge in [-0.05, 0) is 12.0 Å². The third-order valence-electron chi connectivity index (χ3n) is 4.26. The number of amides is 2. The van der Waals surface area contributed by atoms with Gasteiger partial charge in [-0.25, -0.2) is 0 Å². The summed E-state index contributed by atoms with van der Waals surface area (Å²) in [5, 5.41) is 9.20. The van der Waals surface area contributed by atoms with Crippen LogP contribution >= 0.6 is 0 Å². The third-order valence-corrected chi connectivity index (χ3v) is 4.26. The lowest BCUT2D eigenvalue weighted by Crippen LogP contribution is -2.33. The minimum absolute atomic E-state index is 0.0189. The van der Waals surface area contributed by atoms with Crippen molar-refractivity contribution < 1.29 is 24.2 Å². The van der Waals surface area contributed by atoms with Crippen molar-refractivity contribution in [2.75, 3.05) is 20.4 Å². The van der Waals surface area contributed by atoms with Crippen LogP contribution in [0.1, 0.15) is 18.9 Å². The molecule has 0 aliphatic carbocycles. The van der Waals surface area contributed by atoms with Gasteiger partial charge in [-0.1, -0.05) is 37.3 Å². The molecule has 1 N–H and O–H groups in total. The molecule has 0 radical (unpaired) electrons. The highest BCUT2D eigenvalue weighted by Crippen LogP contribution is 2.27. The number of benzene rings is 1. The van der Waals surface area contributed by atoms with Crippen LogP contribution in [0.3, 0.4) is 0 Å². The van der Waals surface area contributed by atoms with E-state index in [0.29, 0.717) is 13.0 Å². The van der Waals surface area contributed by atoms with Gasteiger partial charge in [0.05, 0.1) is 19.3 Å². The van der Waals surface area contributed by atoms with Crippen molar-refractivity contribution in [2.24, 2.45) is 5.92 Å². The molecule has 2 rings (SSSR count). The van der Waals surface area contributed by atoms with Gasteiger partial charge in [-0.2, -0.15) is 0 Å². The number of hydrogen-bond acceptors (Lipinski definition) is 6. The Balaban J connectivity index is 1.81. The van der Waals surface area contributed by atoms with E-state index in [4.69, 9.17) is 9.47 Å². The van der Waals surface area contributed by atoms with Gasteiger partial charge in [0, 0.05) is 25.2 Å². The first-order valence-corrected chi connectivity index (χ1v) is 8.59. The van der Waals surface area contributed by atoms with E-state index in [1.54, 1.807) is 18.1 Å². The molecule has 1 heterocycles. The Kier molecular flexibility index (Phi) is 7.77. The number of ether oxygens (including phenoxy) is 2. The van der Waals surface area contributed by atoms with Gasteiger partial charge in [-0.3, -0.25) is 14.5 Å². The molecule has 26 heavy (non-hydrogen) atoms. The van der Waals surface area contributed by atoms with Crippen LogP contribution in [-0.2, 0) is 25.7 Å². The molecule has 0 saturated carbocycles. The average molecular weight is 362 g/mol. The summed E-state index contributed by atoms with van der Waals surface area (Å²) >= 11 is 0. The van der Waals surface area contributed by atoms with Crippen molar-refractivity contribution in [2.45, 2.75) is 32.3 Å². The number of carbonyl (C=O) groups excluding carboxylic acids is 2. The smallest absolute Gasteiger partial charge is 0.256 e. The molecule has 3 atom stereocenters. The lowest BCUT2D eigenvalue weighted by atomic mass is 10.1. The molecule has 1 aromatic rings. The second-order valence-electron chi connectivity index (χ2n) is 6.40. The van der Waals surface area contributed by atoms with E-state index in [0.717, 1.165) is 16.9 Å².